The zero-order valence-electron chi connectivity index (χ0n) is 9.67. The van der Waals surface area contributed by atoms with Crippen LogP contribution in [0.3, 0.4) is 0 Å². The lowest BCUT2D eigenvalue weighted by Crippen LogP contribution is -2.16. The van der Waals surface area contributed by atoms with Crippen molar-refractivity contribution in [3.05, 3.63) is 35.0 Å². The van der Waals surface area contributed by atoms with Crippen molar-refractivity contribution in [1.29, 1.82) is 0 Å². The van der Waals surface area contributed by atoms with Crippen molar-refractivity contribution in [1.82, 2.24) is 0 Å². The Balaban J connectivity index is 2.06. The van der Waals surface area contributed by atoms with Crippen LogP contribution in [-0.2, 0) is 5.41 Å². The highest BCUT2D eigenvalue weighted by molar-refractivity contribution is 9.09. The molecular weight excluding hydrogens is 300 g/mol. The second-order valence-electron chi connectivity index (χ2n) is 5.19. The van der Waals surface area contributed by atoms with E-state index in [0.29, 0.717) is 4.83 Å². The highest BCUT2D eigenvalue weighted by atomic mass is 79.9. The van der Waals surface area contributed by atoms with Gasteiger partial charge in [-0.1, -0.05) is 34.5 Å². The fourth-order valence-electron chi connectivity index (χ4n) is 2.70. The first-order valence-corrected chi connectivity index (χ1v) is 7.20. The smallest absolute Gasteiger partial charge is 0.134 e. The van der Waals surface area contributed by atoms with E-state index in [-0.39, 0.29) is 5.41 Å². The van der Waals surface area contributed by atoms with Gasteiger partial charge >= 0.3 is 0 Å². The molecule has 0 saturated heterocycles. The normalized spacial score (nSPS) is 29.0. The summed E-state index contributed by atoms with van der Waals surface area (Å²) in [6, 6.07) is 7.94. The standard InChI is InChI=1S/C14H14BrClO/c1-14(5-4-10(15)8-14)13-7-9-6-11(16)2-3-12(9)17-13/h2-3,6-7,10H,4-5,8H2,1H3. The molecule has 3 rings (SSSR count). The molecule has 2 atom stereocenters. The summed E-state index contributed by atoms with van der Waals surface area (Å²) < 4.78 is 5.98. The molecule has 0 N–H and O–H groups in total. The Morgan fingerprint density at radius 3 is 2.94 bits per heavy atom. The predicted molar refractivity (Wildman–Crippen MR) is 75.1 cm³/mol. The maximum Gasteiger partial charge on any atom is 0.134 e. The van der Waals surface area contributed by atoms with Crippen LogP contribution in [-0.4, -0.2) is 4.83 Å². The van der Waals surface area contributed by atoms with Gasteiger partial charge in [0.05, 0.1) is 0 Å². The number of alkyl halides is 1. The molecule has 1 nitrogen and oxygen atoms in total. The number of hydrogen-bond acceptors (Lipinski definition) is 1. The summed E-state index contributed by atoms with van der Waals surface area (Å²) in [5.41, 5.74) is 1.10. The molecule has 90 valence electrons. The first-order chi connectivity index (χ1) is 8.07. The molecule has 0 radical (unpaired) electrons. The molecule has 3 heteroatoms. The number of rotatable bonds is 1. The molecule has 1 heterocycles. The van der Waals surface area contributed by atoms with Gasteiger partial charge in [-0.15, -0.1) is 0 Å². The zero-order valence-corrected chi connectivity index (χ0v) is 12.0. The first-order valence-electron chi connectivity index (χ1n) is 5.90. The van der Waals surface area contributed by atoms with E-state index in [4.69, 9.17) is 16.0 Å². The summed E-state index contributed by atoms with van der Waals surface area (Å²) in [4.78, 5) is 0.615. The van der Waals surface area contributed by atoms with Crippen LogP contribution >= 0.6 is 27.5 Å². The first kappa shape index (κ1) is 11.6. The van der Waals surface area contributed by atoms with Crippen LogP contribution in [0.2, 0.25) is 5.02 Å². The van der Waals surface area contributed by atoms with E-state index in [1.54, 1.807) is 0 Å². The average Bonchev–Trinajstić information content (AvgIpc) is 2.83. The van der Waals surface area contributed by atoms with Gasteiger partial charge < -0.3 is 4.42 Å². The van der Waals surface area contributed by atoms with Crippen molar-refractivity contribution in [2.24, 2.45) is 0 Å². The second-order valence-corrected chi connectivity index (χ2v) is 6.92. The summed E-state index contributed by atoms with van der Waals surface area (Å²) in [6.45, 7) is 2.29. The Morgan fingerprint density at radius 2 is 2.24 bits per heavy atom. The maximum absolute atomic E-state index is 6.00. The summed E-state index contributed by atoms with van der Waals surface area (Å²) in [5.74, 6) is 1.09. The fourth-order valence-corrected chi connectivity index (χ4v) is 3.83. The van der Waals surface area contributed by atoms with Crippen molar-refractivity contribution in [2.75, 3.05) is 0 Å². The molecule has 1 fully saturated rings. The van der Waals surface area contributed by atoms with Crippen LogP contribution < -0.4 is 0 Å². The fraction of sp³-hybridized carbons (Fsp3) is 0.429. The molecular formula is C14H14BrClO. The Morgan fingerprint density at radius 1 is 1.41 bits per heavy atom. The molecule has 1 aliphatic rings. The zero-order chi connectivity index (χ0) is 12.0. The van der Waals surface area contributed by atoms with E-state index in [1.165, 1.54) is 12.8 Å². The highest BCUT2D eigenvalue weighted by Crippen LogP contribution is 2.45. The van der Waals surface area contributed by atoms with Crippen LogP contribution in [0.5, 0.6) is 0 Å². The van der Waals surface area contributed by atoms with Crippen molar-refractivity contribution in [2.45, 2.75) is 36.4 Å². The lowest BCUT2D eigenvalue weighted by molar-refractivity contribution is 0.382. The van der Waals surface area contributed by atoms with Crippen LogP contribution in [0.4, 0.5) is 0 Å². The van der Waals surface area contributed by atoms with Gasteiger partial charge in [0.15, 0.2) is 0 Å². The van der Waals surface area contributed by atoms with Crippen molar-refractivity contribution < 1.29 is 4.42 Å². The molecule has 0 bridgehead atoms. The van der Waals surface area contributed by atoms with E-state index < -0.39 is 0 Å². The van der Waals surface area contributed by atoms with E-state index in [9.17, 15) is 0 Å². The monoisotopic (exact) mass is 312 g/mol. The van der Waals surface area contributed by atoms with E-state index in [2.05, 4.69) is 28.9 Å². The molecule has 1 aliphatic carbocycles. The number of hydrogen-bond donors (Lipinski definition) is 0. The molecule has 2 unspecified atom stereocenters. The molecule has 1 saturated carbocycles. The van der Waals surface area contributed by atoms with Crippen LogP contribution in [0.1, 0.15) is 31.9 Å². The molecule has 0 spiro atoms. The summed E-state index contributed by atoms with van der Waals surface area (Å²) in [5, 5.41) is 1.87. The number of furan rings is 1. The lowest BCUT2D eigenvalue weighted by atomic mass is 9.86. The van der Waals surface area contributed by atoms with Gasteiger partial charge in [0, 0.05) is 20.7 Å². The average molecular weight is 314 g/mol. The van der Waals surface area contributed by atoms with Gasteiger partial charge in [-0.05, 0) is 43.5 Å². The Labute approximate surface area is 114 Å². The Kier molecular flexibility index (Phi) is 2.75. The van der Waals surface area contributed by atoms with E-state index >= 15 is 0 Å². The molecule has 17 heavy (non-hydrogen) atoms. The van der Waals surface area contributed by atoms with Crippen LogP contribution in [0.15, 0.2) is 28.7 Å². The molecule has 2 aromatic rings. The third-order valence-electron chi connectivity index (χ3n) is 3.75. The molecule has 1 aromatic heterocycles. The molecule has 0 aliphatic heterocycles. The lowest BCUT2D eigenvalue weighted by Gasteiger charge is -2.20. The van der Waals surface area contributed by atoms with Gasteiger partial charge in [0.1, 0.15) is 11.3 Å². The van der Waals surface area contributed by atoms with Gasteiger partial charge in [0.25, 0.3) is 0 Å². The largest absolute Gasteiger partial charge is 0.460 e. The SMILES string of the molecule is CC1(c2cc3cc(Cl)ccc3o2)CCC(Br)C1. The predicted octanol–water partition coefficient (Wildman–Crippen LogP) is 5.29. The van der Waals surface area contributed by atoms with E-state index in [1.807, 2.05) is 18.2 Å². The quantitative estimate of drug-likeness (QED) is 0.652. The highest BCUT2D eigenvalue weighted by Gasteiger charge is 2.38. The topological polar surface area (TPSA) is 13.1 Å². The molecule has 1 aromatic carbocycles. The third kappa shape index (κ3) is 2.02. The minimum Gasteiger partial charge on any atom is -0.460 e. The minimum absolute atomic E-state index is 0.166. The summed E-state index contributed by atoms with van der Waals surface area (Å²) >= 11 is 9.70. The van der Waals surface area contributed by atoms with Crippen LogP contribution in [0, 0.1) is 0 Å². The van der Waals surface area contributed by atoms with Gasteiger partial charge in [-0.2, -0.15) is 0 Å². The van der Waals surface area contributed by atoms with Crippen LogP contribution in [0.25, 0.3) is 11.0 Å². The maximum atomic E-state index is 6.00. The Hall–Kier alpha value is -0.470. The Bertz CT molecular complexity index is 562. The molecule has 0 amide bonds. The van der Waals surface area contributed by atoms with Crippen molar-refractivity contribution in [3.63, 3.8) is 0 Å². The van der Waals surface area contributed by atoms with Crippen molar-refractivity contribution >= 4 is 38.5 Å². The third-order valence-corrected chi connectivity index (χ3v) is 4.77. The van der Waals surface area contributed by atoms with E-state index in [0.717, 1.165) is 28.2 Å². The van der Waals surface area contributed by atoms with Gasteiger partial charge in [-0.3, -0.25) is 0 Å². The number of fused-ring (bicyclic) bond motifs is 1. The number of benzene rings is 1. The second kappa shape index (κ2) is 4.03. The van der Waals surface area contributed by atoms with Gasteiger partial charge in [-0.25, -0.2) is 0 Å². The minimum atomic E-state index is 0.166. The number of halogens is 2. The summed E-state index contributed by atoms with van der Waals surface area (Å²) in [7, 11) is 0. The summed E-state index contributed by atoms with van der Waals surface area (Å²) in [6.07, 6.45) is 3.53. The van der Waals surface area contributed by atoms with Gasteiger partial charge in [0.2, 0.25) is 0 Å². The van der Waals surface area contributed by atoms with Crippen molar-refractivity contribution in [3.8, 4) is 0 Å².